The lowest BCUT2D eigenvalue weighted by atomic mass is 10.2. The summed E-state index contributed by atoms with van der Waals surface area (Å²) in [6.07, 6.45) is 0. The number of nitrogens with zero attached hydrogens (tertiary/aromatic N) is 2. The molecule has 1 fully saturated rings. The van der Waals surface area contributed by atoms with Crippen molar-refractivity contribution in [1.82, 2.24) is 9.80 Å². The molecular formula is C21H27N3O2. The molecule has 0 unspecified atom stereocenters. The molecule has 0 spiro atoms. The molecule has 1 aliphatic heterocycles. The first-order valence-corrected chi connectivity index (χ1v) is 9.12. The van der Waals surface area contributed by atoms with Gasteiger partial charge in [0.25, 0.3) is 0 Å². The number of likely N-dealkylation sites (N-methyl/N-ethyl adjacent to an activating group) is 1. The smallest absolute Gasteiger partial charge is 0.241 e. The van der Waals surface area contributed by atoms with Crippen LogP contribution in [0.25, 0.3) is 0 Å². The van der Waals surface area contributed by atoms with Crippen LogP contribution in [0.4, 0.5) is 5.69 Å². The minimum atomic E-state index is -0.127. The first kappa shape index (κ1) is 18.4. The van der Waals surface area contributed by atoms with Gasteiger partial charge >= 0.3 is 0 Å². The second-order valence-electron chi connectivity index (χ2n) is 6.80. The van der Waals surface area contributed by atoms with Crippen molar-refractivity contribution in [2.24, 2.45) is 0 Å². The molecule has 0 aliphatic carbocycles. The highest BCUT2D eigenvalue weighted by Gasteiger charge is 2.24. The summed E-state index contributed by atoms with van der Waals surface area (Å²) in [6, 6.07) is 17.5. The summed E-state index contributed by atoms with van der Waals surface area (Å²) in [4.78, 5) is 17.0. The fourth-order valence-corrected chi connectivity index (χ4v) is 3.00. The SMILES string of the molecule is C[C@@H](C(=O)Nc1ccc(OCc2ccccc2)cc1)N1CCN(C)CC1. The number of amides is 1. The van der Waals surface area contributed by atoms with Crippen LogP contribution in [0.3, 0.4) is 0 Å². The van der Waals surface area contributed by atoms with Gasteiger partial charge in [-0.05, 0) is 43.8 Å². The Morgan fingerprint density at radius 2 is 1.69 bits per heavy atom. The summed E-state index contributed by atoms with van der Waals surface area (Å²) in [5.41, 5.74) is 1.92. The Balaban J connectivity index is 1.49. The lowest BCUT2D eigenvalue weighted by molar-refractivity contribution is -0.121. The van der Waals surface area contributed by atoms with E-state index in [1.165, 1.54) is 0 Å². The maximum Gasteiger partial charge on any atom is 0.241 e. The molecule has 5 nitrogen and oxygen atoms in total. The van der Waals surface area contributed by atoms with Crippen molar-refractivity contribution in [1.29, 1.82) is 0 Å². The van der Waals surface area contributed by atoms with Crippen molar-refractivity contribution in [2.75, 3.05) is 38.5 Å². The van der Waals surface area contributed by atoms with E-state index < -0.39 is 0 Å². The second kappa shape index (κ2) is 8.83. The molecule has 0 radical (unpaired) electrons. The highest BCUT2D eigenvalue weighted by molar-refractivity contribution is 5.94. The van der Waals surface area contributed by atoms with Crippen LogP contribution in [0, 0.1) is 0 Å². The molecule has 3 rings (SSSR count). The number of nitrogens with one attached hydrogen (secondary N) is 1. The van der Waals surface area contributed by atoms with E-state index in [1.807, 2.05) is 61.5 Å². The summed E-state index contributed by atoms with van der Waals surface area (Å²) in [7, 11) is 2.11. The molecule has 0 bridgehead atoms. The molecule has 1 aliphatic rings. The molecule has 2 aromatic rings. The third kappa shape index (κ3) is 5.07. The molecule has 2 aromatic carbocycles. The topological polar surface area (TPSA) is 44.8 Å². The van der Waals surface area contributed by atoms with Gasteiger partial charge in [0, 0.05) is 31.9 Å². The summed E-state index contributed by atoms with van der Waals surface area (Å²) >= 11 is 0. The standard InChI is InChI=1S/C21H27N3O2/c1-17(24-14-12-23(2)13-15-24)21(25)22-19-8-10-20(11-9-19)26-16-18-6-4-3-5-7-18/h3-11,17H,12-16H2,1-2H3,(H,22,25)/t17-/m0/s1. The summed E-state index contributed by atoms with van der Waals surface area (Å²) in [5, 5.41) is 3.00. The van der Waals surface area contributed by atoms with E-state index >= 15 is 0 Å². The van der Waals surface area contributed by atoms with Crippen LogP contribution in [-0.2, 0) is 11.4 Å². The van der Waals surface area contributed by atoms with Crippen LogP contribution >= 0.6 is 0 Å². The van der Waals surface area contributed by atoms with Gasteiger partial charge < -0.3 is 15.0 Å². The molecule has 1 amide bonds. The largest absolute Gasteiger partial charge is 0.489 e. The molecule has 0 aromatic heterocycles. The van der Waals surface area contributed by atoms with E-state index in [9.17, 15) is 4.79 Å². The van der Waals surface area contributed by atoms with Gasteiger partial charge in [-0.25, -0.2) is 0 Å². The normalized spacial score (nSPS) is 16.8. The first-order chi connectivity index (χ1) is 12.6. The average Bonchev–Trinajstić information content (AvgIpc) is 2.68. The van der Waals surface area contributed by atoms with Gasteiger partial charge in [-0.15, -0.1) is 0 Å². The predicted octanol–water partition coefficient (Wildman–Crippen LogP) is 2.84. The van der Waals surface area contributed by atoms with Gasteiger partial charge in [-0.3, -0.25) is 9.69 Å². The zero-order chi connectivity index (χ0) is 18.4. The van der Waals surface area contributed by atoms with Crippen molar-refractivity contribution in [3.63, 3.8) is 0 Å². The number of carbonyl (C=O) groups excluding carboxylic acids is 1. The maximum absolute atomic E-state index is 12.5. The van der Waals surface area contributed by atoms with Crippen LogP contribution in [-0.4, -0.2) is 55.0 Å². The lowest BCUT2D eigenvalue weighted by Crippen LogP contribution is -2.51. The number of hydrogen-bond acceptors (Lipinski definition) is 4. The van der Waals surface area contributed by atoms with Crippen LogP contribution in [0.2, 0.25) is 0 Å². The fraction of sp³-hybridized carbons (Fsp3) is 0.381. The van der Waals surface area contributed by atoms with Crippen LogP contribution < -0.4 is 10.1 Å². The Labute approximate surface area is 155 Å². The van der Waals surface area contributed by atoms with Crippen molar-refractivity contribution >= 4 is 11.6 Å². The Morgan fingerprint density at radius 3 is 2.35 bits per heavy atom. The average molecular weight is 353 g/mol. The van der Waals surface area contributed by atoms with E-state index in [1.54, 1.807) is 0 Å². The minimum absolute atomic E-state index is 0.0347. The summed E-state index contributed by atoms with van der Waals surface area (Å²) < 4.78 is 5.78. The van der Waals surface area contributed by atoms with Crippen molar-refractivity contribution in [3.8, 4) is 5.75 Å². The number of piperazine rings is 1. The molecule has 1 saturated heterocycles. The highest BCUT2D eigenvalue weighted by atomic mass is 16.5. The van der Waals surface area contributed by atoms with Gasteiger partial charge in [-0.1, -0.05) is 30.3 Å². The number of rotatable bonds is 6. The zero-order valence-corrected chi connectivity index (χ0v) is 15.5. The Hall–Kier alpha value is -2.37. The van der Waals surface area contributed by atoms with Gasteiger partial charge in [0.1, 0.15) is 12.4 Å². The Bertz CT molecular complexity index is 695. The van der Waals surface area contributed by atoms with E-state index in [4.69, 9.17) is 4.74 Å². The number of hydrogen-bond donors (Lipinski definition) is 1. The van der Waals surface area contributed by atoms with Crippen LogP contribution in [0.1, 0.15) is 12.5 Å². The molecule has 1 heterocycles. The van der Waals surface area contributed by atoms with Crippen LogP contribution in [0.15, 0.2) is 54.6 Å². The van der Waals surface area contributed by atoms with Crippen LogP contribution in [0.5, 0.6) is 5.75 Å². The van der Waals surface area contributed by atoms with Crippen molar-refractivity contribution in [2.45, 2.75) is 19.6 Å². The van der Waals surface area contributed by atoms with E-state index in [2.05, 4.69) is 22.2 Å². The van der Waals surface area contributed by atoms with Gasteiger partial charge in [0.05, 0.1) is 6.04 Å². The molecule has 26 heavy (non-hydrogen) atoms. The molecule has 1 N–H and O–H groups in total. The summed E-state index contributed by atoms with van der Waals surface area (Å²) in [6.45, 7) is 6.37. The number of carbonyl (C=O) groups is 1. The number of anilines is 1. The highest BCUT2D eigenvalue weighted by Crippen LogP contribution is 2.18. The first-order valence-electron chi connectivity index (χ1n) is 9.12. The third-order valence-corrected chi connectivity index (χ3v) is 4.84. The maximum atomic E-state index is 12.5. The molecule has 138 valence electrons. The number of ether oxygens (including phenoxy) is 1. The quantitative estimate of drug-likeness (QED) is 0.867. The minimum Gasteiger partial charge on any atom is -0.489 e. The fourth-order valence-electron chi connectivity index (χ4n) is 3.00. The Morgan fingerprint density at radius 1 is 1.04 bits per heavy atom. The van der Waals surface area contributed by atoms with Crippen molar-refractivity contribution < 1.29 is 9.53 Å². The Kier molecular flexibility index (Phi) is 6.26. The predicted molar refractivity (Wildman–Crippen MR) is 104 cm³/mol. The third-order valence-electron chi connectivity index (χ3n) is 4.84. The number of benzene rings is 2. The van der Waals surface area contributed by atoms with E-state index in [-0.39, 0.29) is 11.9 Å². The van der Waals surface area contributed by atoms with Gasteiger partial charge in [0.2, 0.25) is 5.91 Å². The molecule has 0 saturated carbocycles. The molecular weight excluding hydrogens is 326 g/mol. The van der Waals surface area contributed by atoms with E-state index in [0.717, 1.165) is 43.2 Å². The zero-order valence-electron chi connectivity index (χ0n) is 15.5. The monoisotopic (exact) mass is 353 g/mol. The van der Waals surface area contributed by atoms with Crippen molar-refractivity contribution in [3.05, 3.63) is 60.2 Å². The molecule has 1 atom stereocenters. The van der Waals surface area contributed by atoms with Gasteiger partial charge in [-0.2, -0.15) is 0 Å². The van der Waals surface area contributed by atoms with E-state index in [0.29, 0.717) is 6.61 Å². The summed E-state index contributed by atoms with van der Waals surface area (Å²) in [5.74, 6) is 0.825. The lowest BCUT2D eigenvalue weighted by Gasteiger charge is -2.35. The molecule has 5 heteroatoms. The van der Waals surface area contributed by atoms with Gasteiger partial charge in [0.15, 0.2) is 0 Å². The second-order valence-corrected chi connectivity index (χ2v) is 6.80.